The van der Waals surface area contributed by atoms with E-state index in [4.69, 9.17) is 9.47 Å². The van der Waals surface area contributed by atoms with Crippen molar-refractivity contribution in [3.8, 4) is 0 Å². The van der Waals surface area contributed by atoms with Crippen LogP contribution in [0.4, 0.5) is 10.7 Å². The van der Waals surface area contributed by atoms with Gasteiger partial charge in [0.15, 0.2) is 0 Å². The number of nitrogens with one attached hydrogen (secondary N) is 2. The van der Waals surface area contributed by atoms with E-state index in [0.29, 0.717) is 19.5 Å². The van der Waals surface area contributed by atoms with Crippen molar-refractivity contribution >= 4 is 18.0 Å². The van der Waals surface area contributed by atoms with E-state index in [0.717, 1.165) is 5.70 Å². The van der Waals surface area contributed by atoms with Crippen molar-refractivity contribution in [2.45, 2.75) is 39.7 Å². The van der Waals surface area contributed by atoms with Crippen molar-refractivity contribution in [2.75, 3.05) is 25.0 Å². The molecule has 1 aliphatic rings. The average molecular weight is 364 g/mol. The number of aromatic amines is 1. The van der Waals surface area contributed by atoms with Crippen LogP contribution in [-0.2, 0) is 9.47 Å². The minimum Gasteiger partial charge on any atom is -0.462 e. The summed E-state index contributed by atoms with van der Waals surface area (Å²) in [4.78, 5) is 43.7. The first-order chi connectivity index (χ1) is 12.2. The first kappa shape index (κ1) is 19.5. The maximum Gasteiger partial charge on any atom is 0.410 e. The monoisotopic (exact) mass is 364 g/mol. The van der Waals surface area contributed by atoms with Crippen LogP contribution in [0.25, 0.3) is 0 Å². The Balaban J connectivity index is 1.98. The van der Waals surface area contributed by atoms with Crippen LogP contribution in [0.5, 0.6) is 0 Å². The Morgan fingerprint density at radius 2 is 2.12 bits per heavy atom. The highest BCUT2D eigenvalue weighted by Crippen LogP contribution is 2.16. The van der Waals surface area contributed by atoms with Crippen LogP contribution in [0, 0.1) is 0 Å². The lowest BCUT2D eigenvalue weighted by atomic mass is 10.2. The second-order valence-corrected chi connectivity index (χ2v) is 6.73. The molecule has 1 aromatic rings. The number of rotatable bonds is 4. The Hall–Kier alpha value is -2.84. The highest BCUT2D eigenvalue weighted by Gasteiger charge is 2.23. The molecule has 1 aromatic heterocycles. The number of hydrogen-bond acceptors (Lipinski definition) is 7. The zero-order valence-corrected chi connectivity index (χ0v) is 15.4. The van der Waals surface area contributed by atoms with Gasteiger partial charge in [-0.25, -0.2) is 14.6 Å². The van der Waals surface area contributed by atoms with Gasteiger partial charge in [-0.3, -0.25) is 9.78 Å². The number of amides is 1. The molecule has 0 aromatic carbocycles. The molecule has 1 aliphatic heterocycles. The van der Waals surface area contributed by atoms with E-state index in [9.17, 15) is 14.4 Å². The Labute approximate surface area is 151 Å². The predicted molar refractivity (Wildman–Crippen MR) is 94.9 cm³/mol. The van der Waals surface area contributed by atoms with Gasteiger partial charge in [0.25, 0.3) is 5.56 Å². The fourth-order valence-electron chi connectivity index (χ4n) is 2.24. The number of carbonyl (C=O) groups is 2. The number of nitrogens with zero attached hydrogens (tertiary/aromatic N) is 2. The first-order valence-corrected chi connectivity index (χ1v) is 8.40. The summed E-state index contributed by atoms with van der Waals surface area (Å²) in [6.07, 6.45) is 3.20. The van der Waals surface area contributed by atoms with Crippen LogP contribution in [0.3, 0.4) is 0 Å². The van der Waals surface area contributed by atoms with Crippen LogP contribution in [0.1, 0.15) is 44.5 Å². The maximum absolute atomic E-state index is 12.0. The van der Waals surface area contributed by atoms with Crippen molar-refractivity contribution < 1.29 is 19.1 Å². The van der Waals surface area contributed by atoms with E-state index in [1.165, 1.54) is 6.20 Å². The molecule has 2 N–H and O–H groups in total. The van der Waals surface area contributed by atoms with Crippen LogP contribution in [0.2, 0.25) is 0 Å². The Kier molecular flexibility index (Phi) is 6.01. The van der Waals surface area contributed by atoms with Crippen molar-refractivity contribution in [1.29, 1.82) is 0 Å². The molecule has 9 nitrogen and oxygen atoms in total. The highest BCUT2D eigenvalue weighted by molar-refractivity contribution is 5.88. The summed E-state index contributed by atoms with van der Waals surface area (Å²) in [6, 6.07) is 0. The van der Waals surface area contributed by atoms with Crippen LogP contribution in [0.15, 0.2) is 22.8 Å². The third-order valence-corrected chi connectivity index (χ3v) is 3.43. The quantitative estimate of drug-likeness (QED) is 0.784. The zero-order chi connectivity index (χ0) is 19.3. The van der Waals surface area contributed by atoms with Gasteiger partial charge >= 0.3 is 12.1 Å². The fourth-order valence-corrected chi connectivity index (χ4v) is 2.24. The number of H-pyrrole nitrogens is 1. The molecule has 0 saturated carbocycles. The fraction of sp³-hybridized carbons (Fsp3) is 0.529. The number of hydrogen-bond donors (Lipinski definition) is 2. The predicted octanol–water partition coefficient (Wildman–Crippen LogP) is 1.88. The second-order valence-electron chi connectivity index (χ2n) is 6.73. The number of ether oxygens (including phenoxy) is 2. The molecule has 0 spiro atoms. The molecule has 2 heterocycles. The van der Waals surface area contributed by atoms with Crippen LogP contribution < -0.4 is 10.9 Å². The normalized spacial score (nSPS) is 14.5. The van der Waals surface area contributed by atoms with Crippen LogP contribution in [-0.4, -0.2) is 52.2 Å². The van der Waals surface area contributed by atoms with E-state index in [-0.39, 0.29) is 24.2 Å². The van der Waals surface area contributed by atoms with E-state index < -0.39 is 17.1 Å². The molecule has 9 heteroatoms. The van der Waals surface area contributed by atoms with Gasteiger partial charge < -0.3 is 19.7 Å². The van der Waals surface area contributed by atoms with E-state index in [1.54, 1.807) is 11.8 Å². The lowest BCUT2D eigenvalue weighted by Crippen LogP contribution is -2.39. The minimum atomic E-state index is -0.710. The summed E-state index contributed by atoms with van der Waals surface area (Å²) in [6.45, 7) is 8.17. The second kappa shape index (κ2) is 8.03. The standard InChI is InChI=1S/C17H24N4O5/c1-5-25-14(23)12-10-18-15(20-13(12)22)19-11-6-8-21(9-7-11)16(24)26-17(2,3)4/h6,10H,5,7-9H2,1-4H3,(H2,18,19,20,22). The van der Waals surface area contributed by atoms with E-state index in [1.807, 2.05) is 26.8 Å². The largest absolute Gasteiger partial charge is 0.462 e. The minimum absolute atomic E-state index is 0.147. The molecule has 2 rings (SSSR count). The molecule has 0 atom stereocenters. The molecule has 0 aliphatic carbocycles. The number of esters is 1. The van der Waals surface area contributed by atoms with Gasteiger partial charge in [-0.15, -0.1) is 0 Å². The Morgan fingerprint density at radius 3 is 2.65 bits per heavy atom. The summed E-state index contributed by atoms with van der Waals surface area (Å²) in [7, 11) is 0. The maximum atomic E-state index is 12.0. The van der Waals surface area contributed by atoms with Crippen molar-refractivity contribution in [3.63, 3.8) is 0 Å². The number of aromatic nitrogens is 2. The number of anilines is 1. The van der Waals surface area contributed by atoms with Crippen molar-refractivity contribution in [3.05, 3.63) is 33.9 Å². The molecule has 1 amide bonds. The first-order valence-electron chi connectivity index (χ1n) is 8.40. The molecule has 0 unspecified atom stereocenters. The van der Waals surface area contributed by atoms with Gasteiger partial charge in [-0.1, -0.05) is 0 Å². The number of carbonyl (C=O) groups excluding carboxylic acids is 2. The van der Waals surface area contributed by atoms with Gasteiger partial charge in [0.1, 0.15) is 11.2 Å². The van der Waals surface area contributed by atoms with Gasteiger partial charge in [0.2, 0.25) is 5.95 Å². The lowest BCUT2D eigenvalue weighted by molar-refractivity contribution is 0.0266. The Bertz CT molecular complexity index is 763. The molecule has 0 fully saturated rings. The SMILES string of the molecule is CCOC(=O)c1cnc(NC2=CCN(C(=O)OC(C)(C)C)CC2)[nH]c1=O. The van der Waals surface area contributed by atoms with E-state index >= 15 is 0 Å². The summed E-state index contributed by atoms with van der Waals surface area (Å²) < 4.78 is 10.1. The summed E-state index contributed by atoms with van der Waals surface area (Å²) in [5, 5.41) is 2.99. The highest BCUT2D eigenvalue weighted by atomic mass is 16.6. The van der Waals surface area contributed by atoms with E-state index in [2.05, 4.69) is 15.3 Å². The van der Waals surface area contributed by atoms with Gasteiger partial charge in [0, 0.05) is 25.2 Å². The summed E-state index contributed by atoms with van der Waals surface area (Å²) in [5.41, 5.74) is -0.445. The van der Waals surface area contributed by atoms with Crippen LogP contribution >= 0.6 is 0 Å². The third-order valence-electron chi connectivity index (χ3n) is 3.43. The van der Waals surface area contributed by atoms with Crippen molar-refractivity contribution in [2.24, 2.45) is 0 Å². The van der Waals surface area contributed by atoms with Crippen molar-refractivity contribution in [1.82, 2.24) is 14.9 Å². The van der Waals surface area contributed by atoms with Gasteiger partial charge in [0.05, 0.1) is 12.8 Å². The molecular formula is C17H24N4O5. The van der Waals surface area contributed by atoms with Gasteiger partial charge in [-0.05, 0) is 33.8 Å². The average Bonchev–Trinajstić information content (AvgIpc) is 2.54. The third kappa shape index (κ3) is 5.33. The molecule has 142 valence electrons. The molecular weight excluding hydrogens is 340 g/mol. The summed E-state index contributed by atoms with van der Waals surface area (Å²) >= 11 is 0. The molecule has 0 saturated heterocycles. The zero-order valence-electron chi connectivity index (χ0n) is 15.4. The lowest BCUT2D eigenvalue weighted by Gasteiger charge is -2.29. The molecule has 0 bridgehead atoms. The van der Waals surface area contributed by atoms with Gasteiger partial charge in [-0.2, -0.15) is 0 Å². The Morgan fingerprint density at radius 1 is 1.38 bits per heavy atom. The topological polar surface area (TPSA) is 114 Å². The summed E-state index contributed by atoms with van der Waals surface area (Å²) in [5.74, 6) is -0.488. The molecule has 0 radical (unpaired) electrons. The molecule has 26 heavy (non-hydrogen) atoms. The smallest absolute Gasteiger partial charge is 0.410 e.